The van der Waals surface area contributed by atoms with Gasteiger partial charge in [0.1, 0.15) is 11.5 Å². The topological polar surface area (TPSA) is 142 Å². The second kappa shape index (κ2) is 11.4. The summed E-state index contributed by atoms with van der Waals surface area (Å²) in [5.74, 6) is -2.90. The van der Waals surface area contributed by atoms with Crippen molar-refractivity contribution in [1.29, 1.82) is 0 Å². The van der Waals surface area contributed by atoms with Gasteiger partial charge in [0.2, 0.25) is 5.91 Å². The van der Waals surface area contributed by atoms with Crippen molar-refractivity contribution in [1.82, 2.24) is 0 Å². The van der Waals surface area contributed by atoms with Crippen molar-refractivity contribution in [2.45, 2.75) is 25.7 Å². The summed E-state index contributed by atoms with van der Waals surface area (Å²) >= 11 is 0. The third-order valence-corrected chi connectivity index (χ3v) is 6.26. The van der Waals surface area contributed by atoms with E-state index in [4.69, 9.17) is 9.84 Å². The molecule has 1 saturated carbocycles. The maximum absolute atomic E-state index is 12.6. The smallest absolute Gasteiger partial charge is 0.335 e. The molecule has 0 radical (unpaired) electrons. The Kier molecular flexibility index (Phi) is 7.83. The van der Waals surface area contributed by atoms with Crippen LogP contribution in [0.25, 0.3) is 0 Å². The molecule has 3 aromatic rings. The molecule has 0 bridgehead atoms. The molecule has 3 aromatic carbocycles. The number of carbonyl (C=O) groups is 4. The van der Waals surface area contributed by atoms with Gasteiger partial charge in [-0.05, 0) is 79.6 Å². The number of anilines is 2. The third kappa shape index (κ3) is 6.52. The van der Waals surface area contributed by atoms with Crippen molar-refractivity contribution in [3.05, 3.63) is 83.9 Å². The monoisotopic (exact) mass is 502 g/mol. The minimum atomic E-state index is -1.11. The number of nitrogens with one attached hydrogen (secondary N) is 2. The van der Waals surface area contributed by atoms with Gasteiger partial charge in [-0.15, -0.1) is 0 Å². The average molecular weight is 503 g/mol. The Morgan fingerprint density at radius 3 is 1.81 bits per heavy atom. The molecule has 2 unspecified atom stereocenters. The predicted molar refractivity (Wildman–Crippen MR) is 136 cm³/mol. The van der Waals surface area contributed by atoms with Crippen LogP contribution in [0.5, 0.6) is 11.5 Å². The van der Waals surface area contributed by atoms with E-state index in [2.05, 4.69) is 10.6 Å². The van der Waals surface area contributed by atoms with Gasteiger partial charge in [-0.2, -0.15) is 0 Å². The molecule has 9 heteroatoms. The van der Waals surface area contributed by atoms with Crippen molar-refractivity contribution in [3.8, 4) is 11.5 Å². The molecular weight excluding hydrogens is 476 g/mol. The van der Waals surface area contributed by atoms with E-state index in [0.29, 0.717) is 35.7 Å². The minimum Gasteiger partial charge on any atom is -0.481 e. The minimum absolute atomic E-state index is 0.0282. The highest BCUT2D eigenvalue weighted by atomic mass is 16.5. The first-order valence-corrected chi connectivity index (χ1v) is 11.9. The van der Waals surface area contributed by atoms with Crippen LogP contribution in [-0.2, 0) is 9.59 Å². The normalized spacial score (nSPS) is 16.9. The maximum Gasteiger partial charge on any atom is 0.335 e. The van der Waals surface area contributed by atoms with Gasteiger partial charge >= 0.3 is 11.9 Å². The zero-order chi connectivity index (χ0) is 26.4. The standard InChI is InChI=1S/C28H26N2O7/c31-25(17-4-3-5-18(16-17)27(33)34)29-19-8-12-21(13-9-19)37-22-14-10-20(11-15-22)30-26(32)23-6-1-2-7-24(23)28(35)36/h3-5,8-16,23-24H,1-2,6-7H2,(H,29,31)(H,30,32)(H,33,34)(H,35,36). The van der Waals surface area contributed by atoms with Crippen LogP contribution in [0, 0.1) is 11.8 Å². The molecular formula is C28H26N2O7. The maximum atomic E-state index is 12.6. The number of aromatic carboxylic acids is 1. The van der Waals surface area contributed by atoms with Gasteiger partial charge in [0.25, 0.3) is 5.91 Å². The van der Waals surface area contributed by atoms with Crippen molar-refractivity contribution in [2.24, 2.45) is 11.8 Å². The average Bonchev–Trinajstić information content (AvgIpc) is 2.91. The Labute approximate surface area is 213 Å². The number of carboxylic acids is 2. The number of ether oxygens (including phenoxy) is 1. The van der Waals surface area contributed by atoms with Gasteiger partial charge < -0.3 is 25.6 Å². The lowest BCUT2D eigenvalue weighted by Crippen LogP contribution is -2.36. The molecule has 1 aliphatic rings. The highest BCUT2D eigenvalue weighted by molar-refractivity contribution is 6.05. The van der Waals surface area contributed by atoms with Gasteiger partial charge in [-0.3, -0.25) is 14.4 Å². The van der Waals surface area contributed by atoms with Crippen LogP contribution in [0.1, 0.15) is 46.4 Å². The molecule has 4 rings (SSSR count). The van der Waals surface area contributed by atoms with E-state index in [-0.39, 0.29) is 17.0 Å². The molecule has 2 amide bonds. The van der Waals surface area contributed by atoms with Crippen LogP contribution < -0.4 is 15.4 Å². The summed E-state index contributed by atoms with van der Waals surface area (Å²) in [6.07, 6.45) is 2.74. The van der Waals surface area contributed by atoms with E-state index in [1.807, 2.05) is 0 Å². The fourth-order valence-electron chi connectivity index (χ4n) is 4.32. The van der Waals surface area contributed by atoms with Crippen LogP contribution in [0.4, 0.5) is 11.4 Å². The second-order valence-electron chi connectivity index (χ2n) is 8.82. The lowest BCUT2D eigenvalue weighted by Gasteiger charge is -2.27. The summed E-state index contributed by atoms with van der Waals surface area (Å²) in [6, 6.07) is 19.2. The zero-order valence-electron chi connectivity index (χ0n) is 19.8. The lowest BCUT2D eigenvalue weighted by molar-refractivity contribution is -0.147. The zero-order valence-corrected chi connectivity index (χ0v) is 19.8. The molecule has 0 heterocycles. The molecule has 1 aliphatic carbocycles. The molecule has 1 fully saturated rings. The molecule has 0 saturated heterocycles. The van der Waals surface area contributed by atoms with Crippen molar-refractivity contribution >= 4 is 35.1 Å². The van der Waals surface area contributed by atoms with E-state index >= 15 is 0 Å². The number of benzene rings is 3. The molecule has 0 spiro atoms. The van der Waals surface area contributed by atoms with E-state index in [0.717, 1.165) is 12.8 Å². The molecule has 0 aromatic heterocycles. The van der Waals surface area contributed by atoms with Crippen LogP contribution in [0.15, 0.2) is 72.8 Å². The van der Waals surface area contributed by atoms with Gasteiger partial charge in [0.15, 0.2) is 0 Å². The fourth-order valence-corrected chi connectivity index (χ4v) is 4.32. The number of aliphatic carboxylic acids is 1. The van der Waals surface area contributed by atoms with Crippen molar-refractivity contribution in [2.75, 3.05) is 10.6 Å². The van der Waals surface area contributed by atoms with E-state index in [1.165, 1.54) is 24.3 Å². The Morgan fingerprint density at radius 1 is 0.703 bits per heavy atom. The Morgan fingerprint density at radius 2 is 1.24 bits per heavy atom. The predicted octanol–water partition coefficient (Wildman–Crippen LogP) is 5.26. The number of rotatable bonds is 8. The molecule has 190 valence electrons. The summed E-state index contributed by atoms with van der Waals surface area (Å²) in [7, 11) is 0. The number of carboxylic acid groups (broad SMARTS) is 2. The van der Waals surface area contributed by atoms with Crippen LogP contribution in [0.2, 0.25) is 0 Å². The summed E-state index contributed by atoms with van der Waals surface area (Å²) in [6.45, 7) is 0. The van der Waals surface area contributed by atoms with E-state index in [9.17, 15) is 24.3 Å². The Hall–Kier alpha value is -4.66. The first kappa shape index (κ1) is 25.4. The second-order valence-corrected chi connectivity index (χ2v) is 8.82. The highest BCUT2D eigenvalue weighted by Crippen LogP contribution is 2.32. The fraction of sp³-hybridized carbons (Fsp3) is 0.214. The number of amides is 2. The largest absolute Gasteiger partial charge is 0.481 e. The summed E-state index contributed by atoms with van der Waals surface area (Å²) in [5, 5.41) is 24.0. The summed E-state index contributed by atoms with van der Waals surface area (Å²) in [5.41, 5.74) is 1.32. The number of carbonyl (C=O) groups excluding carboxylic acids is 2. The first-order chi connectivity index (χ1) is 17.8. The van der Waals surface area contributed by atoms with Crippen LogP contribution >= 0.6 is 0 Å². The molecule has 4 N–H and O–H groups in total. The van der Waals surface area contributed by atoms with Crippen molar-refractivity contribution in [3.63, 3.8) is 0 Å². The Bertz CT molecular complexity index is 1300. The first-order valence-electron chi connectivity index (χ1n) is 11.9. The highest BCUT2D eigenvalue weighted by Gasteiger charge is 2.35. The molecule has 37 heavy (non-hydrogen) atoms. The Balaban J connectivity index is 1.33. The van der Waals surface area contributed by atoms with Crippen LogP contribution in [-0.4, -0.2) is 34.0 Å². The lowest BCUT2D eigenvalue weighted by atomic mass is 9.78. The number of hydrogen-bond acceptors (Lipinski definition) is 5. The molecule has 0 aliphatic heterocycles. The van der Waals surface area contributed by atoms with Gasteiger partial charge in [0, 0.05) is 16.9 Å². The third-order valence-electron chi connectivity index (χ3n) is 6.26. The summed E-state index contributed by atoms with van der Waals surface area (Å²) < 4.78 is 5.82. The van der Waals surface area contributed by atoms with E-state index < -0.39 is 29.7 Å². The van der Waals surface area contributed by atoms with Gasteiger partial charge in [-0.1, -0.05) is 18.9 Å². The molecule has 2 atom stereocenters. The van der Waals surface area contributed by atoms with Crippen molar-refractivity contribution < 1.29 is 34.1 Å². The quantitative estimate of drug-likeness (QED) is 0.329. The SMILES string of the molecule is O=C(O)c1cccc(C(=O)Nc2ccc(Oc3ccc(NC(=O)C4CCCCC4C(=O)O)cc3)cc2)c1. The summed E-state index contributed by atoms with van der Waals surface area (Å²) in [4.78, 5) is 47.7. The van der Waals surface area contributed by atoms with Gasteiger partial charge in [0.05, 0.1) is 17.4 Å². The van der Waals surface area contributed by atoms with E-state index in [1.54, 1.807) is 48.5 Å². The van der Waals surface area contributed by atoms with Crippen LogP contribution in [0.3, 0.4) is 0 Å². The van der Waals surface area contributed by atoms with Gasteiger partial charge in [-0.25, -0.2) is 4.79 Å². The molecule has 9 nitrogen and oxygen atoms in total. The number of hydrogen-bond donors (Lipinski definition) is 4.